The van der Waals surface area contributed by atoms with Crippen molar-refractivity contribution in [2.75, 3.05) is 6.61 Å². The van der Waals surface area contributed by atoms with Gasteiger partial charge >= 0.3 is 5.97 Å². The summed E-state index contributed by atoms with van der Waals surface area (Å²) in [7, 11) is 0. The summed E-state index contributed by atoms with van der Waals surface area (Å²) in [6.07, 6.45) is 10.0. The summed E-state index contributed by atoms with van der Waals surface area (Å²) in [6.45, 7) is 7.73. The second kappa shape index (κ2) is 9.40. The molecule has 0 spiro atoms. The van der Waals surface area contributed by atoms with E-state index in [1.165, 1.54) is 25.7 Å². The molecule has 0 bridgehead atoms. The van der Waals surface area contributed by atoms with Crippen molar-refractivity contribution in [3.63, 3.8) is 0 Å². The molecule has 0 aliphatic rings. The highest BCUT2D eigenvalue weighted by atomic mass is 16.5. The SMILES string of the molecule is C=CCCCCCCCc1cc(C(=O)OCC)c(C)o1. The Hall–Kier alpha value is -1.51. The van der Waals surface area contributed by atoms with Gasteiger partial charge in [-0.25, -0.2) is 4.79 Å². The van der Waals surface area contributed by atoms with Crippen molar-refractivity contribution in [2.45, 2.75) is 58.8 Å². The van der Waals surface area contributed by atoms with Gasteiger partial charge in [-0.15, -0.1) is 6.58 Å². The number of aryl methyl sites for hydroxylation is 2. The maximum atomic E-state index is 11.7. The molecule has 0 unspecified atom stereocenters. The standard InChI is InChI=1S/C17H26O3/c1-4-6-7-8-9-10-11-12-15-13-16(14(3)20-15)17(18)19-5-2/h4,13H,1,5-12H2,2-3H3. The zero-order chi connectivity index (χ0) is 14.8. The Kier molecular flexibility index (Phi) is 7.78. The number of hydrogen-bond acceptors (Lipinski definition) is 3. The Bertz CT molecular complexity index is 418. The maximum Gasteiger partial charge on any atom is 0.341 e. The first kappa shape index (κ1) is 16.5. The maximum absolute atomic E-state index is 11.7. The second-order valence-electron chi connectivity index (χ2n) is 5.00. The Morgan fingerprint density at radius 2 is 2.00 bits per heavy atom. The lowest BCUT2D eigenvalue weighted by molar-refractivity contribution is 0.0524. The van der Waals surface area contributed by atoms with E-state index >= 15 is 0 Å². The topological polar surface area (TPSA) is 39.4 Å². The summed E-state index contributed by atoms with van der Waals surface area (Å²) >= 11 is 0. The van der Waals surface area contributed by atoms with Crippen LogP contribution in [0.15, 0.2) is 23.1 Å². The van der Waals surface area contributed by atoms with Crippen LogP contribution >= 0.6 is 0 Å². The van der Waals surface area contributed by atoms with Crippen LogP contribution in [0.2, 0.25) is 0 Å². The lowest BCUT2D eigenvalue weighted by atomic mass is 10.1. The van der Waals surface area contributed by atoms with Crippen LogP contribution in [0.5, 0.6) is 0 Å². The van der Waals surface area contributed by atoms with Gasteiger partial charge in [-0.2, -0.15) is 0 Å². The van der Waals surface area contributed by atoms with E-state index in [2.05, 4.69) is 6.58 Å². The molecule has 0 saturated carbocycles. The molecule has 1 heterocycles. The number of carbonyl (C=O) groups excluding carboxylic acids is 1. The van der Waals surface area contributed by atoms with Crippen LogP contribution in [-0.2, 0) is 11.2 Å². The molecule has 0 N–H and O–H groups in total. The molecule has 1 rings (SSSR count). The molecule has 0 radical (unpaired) electrons. The van der Waals surface area contributed by atoms with Crippen molar-refractivity contribution in [3.8, 4) is 0 Å². The molecule has 20 heavy (non-hydrogen) atoms. The number of carbonyl (C=O) groups is 1. The Labute approximate surface area is 122 Å². The van der Waals surface area contributed by atoms with Crippen molar-refractivity contribution in [2.24, 2.45) is 0 Å². The minimum atomic E-state index is -0.288. The van der Waals surface area contributed by atoms with Gasteiger partial charge in [-0.05, 0) is 39.2 Å². The molecule has 3 nitrogen and oxygen atoms in total. The fraction of sp³-hybridized carbons (Fsp3) is 0.588. The molecule has 0 amide bonds. The number of ether oxygens (including phenoxy) is 1. The van der Waals surface area contributed by atoms with Crippen LogP contribution < -0.4 is 0 Å². The zero-order valence-electron chi connectivity index (χ0n) is 12.7. The van der Waals surface area contributed by atoms with Gasteiger partial charge in [0.15, 0.2) is 0 Å². The summed E-state index contributed by atoms with van der Waals surface area (Å²) in [5.74, 6) is 1.26. The van der Waals surface area contributed by atoms with Crippen LogP contribution in [0.3, 0.4) is 0 Å². The summed E-state index contributed by atoms with van der Waals surface area (Å²) in [6, 6.07) is 1.82. The van der Waals surface area contributed by atoms with Gasteiger partial charge in [-0.1, -0.05) is 25.3 Å². The van der Waals surface area contributed by atoms with Gasteiger partial charge in [0.1, 0.15) is 17.1 Å². The van der Waals surface area contributed by atoms with E-state index in [9.17, 15) is 4.79 Å². The summed E-state index contributed by atoms with van der Waals surface area (Å²) in [5, 5.41) is 0. The van der Waals surface area contributed by atoms with Gasteiger partial charge in [0, 0.05) is 6.42 Å². The molecule has 3 heteroatoms. The highest BCUT2D eigenvalue weighted by molar-refractivity contribution is 5.90. The predicted octanol–water partition coefficient (Wildman–Crippen LogP) is 4.83. The van der Waals surface area contributed by atoms with Gasteiger partial charge in [-0.3, -0.25) is 0 Å². The summed E-state index contributed by atoms with van der Waals surface area (Å²) in [5.41, 5.74) is 0.563. The molecule has 0 saturated heterocycles. The van der Waals surface area contributed by atoms with E-state index < -0.39 is 0 Å². The lowest BCUT2D eigenvalue weighted by Gasteiger charge is -1.99. The highest BCUT2D eigenvalue weighted by Crippen LogP contribution is 2.18. The Balaban J connectivity index is 2.29. The lowest BCUT2D eigenvalue weighted by Crippen LogP contribution is -2.04. The third kappa shape index (κ3) is 5.64. The molecule has 1 aromatic heterocycles. The predicted molar refractivity (Wildman–Crippen MR) is 81.0 cm³/mol. The van der Waals surface area contributed by atoms with E-state index in [0.717, 1.165) is 25.0 Å². The molecular formula is C17H26O3. The van der Waals surface area contributed by atoms with Crippen LogP contribution in [0, 0.1) is 6.92 Å². The second-order valence-corrected chi connectivity index (χ2v) is 5.00. The van der Waals surface area contributed by atoms with Gasteiger partial charge < -0.3 is 9.15 Å². The Morgan fingerprint density at radius 3 is 2.70 bits per heavy atom. The summed E-state index contributed by atoms with van der Waals surface area (Å²) < 4.78 is 10.6. The van der Waals surface area contributed by atoms with Crippen molar-refractivity contribution in [1.29, 1.82) is 0 Å². The van der Waals surface area contributed by atoms with Crippen molar-refractivity contribution in [1.82, 2.24) is 0 Å². The van der Waals surface area contributed by atoms with E-state index in [4.69, 9.17) is 9.15 Å². The van der Waals surface area contributed by atoms with Crippen molar-refractivity contribution >= 4 is 5.97 Å². The van der Waals surface area contributed by atoms with Crippen LogP contribution in [0.25, 0.3) is 0 Å². The van der Waals surface area contributed by atoms with E-state index in [1.807, 2.05) is 19.1 Å². The van der Waals surface area contributed by atoms with E-state index in [0.29, 0.717) is 17.9 Å². The van der Waals surface area contributed by atoms with Crippen LogP contribution in [0.4, 0.5) is 0 Å². The third-order valence-corrected chi connectivity index (χ3v) is 3.30. The molecule has 1 aromatic rings. The van der Waals surface area contributed by atoms with Crippen LogP contribution in [-0.4, -0.2) is 12.6 Å². The van der Waals surface area contributed by atoms with Crippen LogP contribution in [0.1, 0.15) is 67.3 Å². The minimum Gasteiger partial charge on any atom is -0.465 e. The van der Waals surface area contributed by atoms with E-state index in [1.54, 1.807) is 6.92 Å². The molecule has 0 fully saturated rings. The average molecular weight is 278 g/mol. The van der Waals surface area contributed by atoms with Crippen molar-refractivity contribution in [3.05, 3.63) is 35.8 Å². The number of allylic oxidation sites excluding steroid dienone is 1. The normalized spacial score (nSPS) is 10.5. The number of rotatable bonds is 10. The van der Waals surface area contributed by atoms with Gasteiger partial charge in [0.25, 0.3) is 0 Å². The van der Waals surface area contributed by atoms with Gasteiger partial charge in [0.2, 0.25) is 0 Å². The minimum absolute atomic E-state index is 0.288. The first-order chi connectivity index (χ1) is 9.69. The first-order valence-electron chi connectivity index (χ1n) is 7.56. The van der Waals surface area contributed by atoms with E-state index in [-0.39, 0.29) is 5.97 Å². The molecular weight excluding hydrogens is 252 g/mol. The number of esters is 1. The quantitative estimate of drug-likeness (QED) is 0.349. The number of furan rings is 1. The first-order valence-corrected chi connectivity index (χ1v) is 7.56. The zero-order valence-corrected chi connectivity index (χ0v) is 12.7. The van der Waals surface area contributed by atoms with Crippen molar-refractivity contribution < 1.29 is 13.9 Å². The smallest absolute Gasteiger partial charge is 0.341 e. The van der Waals surface area contributed by atoms with Gasteiger partial charge in [0.05, 0.1) is 6.61 Å². The highest BCUT2D eigenvalue weighted by Gasteiger charge is 2.15. The Morgan fingerprint density at radius 1 is 1.30 bits per heavy atom. The largest absolute Gasteiger partial charge is 0.465 e. The number of hydrogen-bond donors (Lipinski definition) is 0. The fourth-order valence-corrected chi connectivity index (χ4v) is 2.20. The molecule has 0 atom stereocenters. The third-order valence-electron chi connectivity index (χ3n) is 3.30. The monoisotopic (exact) mass is 278 g/mol. The molecule has 112 valence electrons. The average Bonchev–Trinajstić information content (AvgIpc) is 2.79. The summed E-state index contributed by atoms with van der Waals surface area (Å²) in [4.78, 5) is 11.7. The fourth-order valence-electron chi connectivity index (χ4n) is 2.20. The molecule has 0 aromatic carbocycles. The number of unbranched alkanes of at least 4 members (excludes halogenated alkanes) is 5. The molecule has 0 aliphatic heterocycles. The molecule has 0 aliphatic carbocycles.